The largest absolute Gasteiger partial charge is 0.497 e. The zero-order valence-electron chi connectivity index (χ0n) is 14.9. The van der Waals surface area contributed by atoms with E-state index in [1.807, 2.05) is 25.1 Å². The molecular formula is C20H20N2O4. The zero-order valence-corrected chi connectivity index (χ0v) is 14.9. The van der Waals surface area contributed by atoms with Gasteiger partial charge in [0.05, 0.1) is 14.2 Å². The molecule has 0 aliphatic heterocycles. The average Bonchev–Trinajstić information content (AvgIpc) is 2.65. The Morgan fingerprint density at radius 2 is 1.73 bits per heavy atom. The lowest BCUT2D eigenvalue weighted by molar-refractivity contribution is 0.0950. The van der Waals surface area contributed by atoms with E-state index in [0.29, 0.717) is 22.6 Å². The highest BCUT2D eigenvalue weighted by Gasteiger charge is 2.11. The summed E-state index contributed by atoms with van der Waals surface area (Å²) in [6.45, 7) is 2.11. The number of amides is 1. The second-order valence-corrected chi connectivity index (χ2v) is 6.00. The summed E-state index contributed by atoms with van der Waals surface area (Å²) in [5, 5.41) is 3.70. The molecule has 0 atom stereocenters. The molecule has 0 unspecified atom stereocenters. The molecule has 2 N–H and O–H groups in total. The molecule has 0 aliphatic carbocycles. The van der Waals surface area contributed by atoms with Crippen LogP contribution in [0.3, 0.4) is 0 Å². The Bertz CT molecular complexity index is 1000. The van der Waals surface area contributed by atoms with E-state index in [4.69, 9.17) is 9.47 Å². The topological polar surface area (TPSA) is 80.4 Å². The first-order valence-corrected chi connectivity index (χ1v) is 8.14. The summed E-state index contributed by atoms with van der Waals surface area (Å²) in [4.78, 5) is 27.5. The standard InChI is InChI=1S/C20H20N2O4/c1-12-4-5-18-13(6-12)7-15(20(24)22-18)11-21-19(23)14-8-16(25-2)10-17(9-14)26-3/h4-10H,11H2,1-3H3,(H,21,23)(H,22,24). The first kappa shape index (κ1) is 17.5. The highest BCUT2D eigenvalue weighted by atomic mass is 16.5. The predicted octanol–water partition coefficient (Wildman–Crippen LogP) is 2.78. The van der Waals surface area contributed by atoms with Gasteiger partial charge in [-0.25, -0.2) is 0 Å². The molecule has 0 saturated heterocycles. The molecule has 134 valence electrons. The molecule has 6 heteroatoms. The van der Waals surface area contributed by atoms with Crippen LogP contribution in [0.25, 0.3) is 10.9 Å². The van der Waals surface area contributed by atoms with Crippen LogP contribution in [0.15, 0.2) is 47.3 Å². The number of rotatable bonds is 5. The van der Waals surface area contributed by atoms with Crippen molar-refractivity contribution in [3.8, 4) is 11.5 Å². The van der Waals surface area contributed by atoms with Crippen molar-refractivity contribution in [3.05, 3.63) is 69.5 Å². The number of fused-ring (bicyclic) bond motifs is 1. The second-order valence-electron chi connectivity index (χ2n) is 6.00. The third-order valence-electron chi connectivity index (χ3n) is 4.13. The smallest absolute Gasteiger partial charge is 0.253 e. The van der Waals surface area contributed by atoms with Gasteiger partial charge in [-0.1, -0.05) is 11.6 Å². The van der Waals surface area contributed by atoms with Crippen LogP contribution >= 0.6 is 0 Å². The number of benzene rings is 2. The predicted molar refractivity (Wildman–Crippen MR) is 100 cm³/mol. The van der Waals surface area contributed by atoms with Gasteiger partial charge in [-0.3, -0.25) is 9.59 Å². The van der Waals surface area contributed by atoms with Gasteiger partial charge in [0, 0.05) is 29.3 Å². The molecule has 26 heavy (non-hydrogen) atoms. The van der Waals surface area contributed by atoms with Crippen LogP contribution in [-0.4, -0.2) is 25.1 Å². The third-order valence-corrected chi connectivity index (χ3v) is 4.13. The monoisotopic (exact) mass is 352 g/mol. The van der Waals surface area contributed by atoms with Crippen LogP contribution in [0.4, 0.5) is 0 Å². The van der Waals surface area contributed by atoms with E-state index >= 15 is 0 Å². The van der Waals surface area contributed by atoms with Gasteiger partial charge < -0.3 is 19.8 Å². The quantitative estimate of drug-likeness (QED) is 0.740. The minimum Gasteiger partial charge on any atom is -0.497 e. The van der Waals surface area contributed by atoms with Gasteiger partial charge in [0.1, 0.15) is 11.5 Å². The van der Waals surface area contributed by atoms with Crippen molar-refractivity contribution in [2.45, 2.75) is 13.5 Å². The number of methoxy groups -OCH3 is 2. The molecule has 0 aliphatic rings. The summed E-state index contributed by atoms with van der Waals surface area (Å²) < 4.78 is 10.3. The number of hydrogen-bond acceptors (Lipinski definition) is 4. The van der Waals surface area contributed by atoms with Crippen LogP contribution in [0.1, 0.15) is 21.5 Å². The normalized spacial score (nSPS) is 10.6. The van der Waals surface area contributed by atoms with E-state index in [0.717, 1.165) is 16.5 Å². The van der Waals surface area contributed by atoms with Crippen molar-refractivity contribution < 1.29 is 14.3 Å². The van der Waals surface area contributed by atoms with E-state index in [1.165, 1.54) is 14.2 Å². The number of ether oxygens (including phenoxy) is 2. The zero-order chi connectivity index (χ0) is 18.7. The van der Waals surface area contributed by atoms with E-state index in [2.05, 4.69) is 10.3 Å². The van der Waals surface area contributed by atoms with Gasteiger partial charge >= 0.3 is 0 Å². The summed E-state index contributed by atoms with van der Waals surface area (Å²) in [7, 11) is 3.04. The number of carbonyl (C=O) groups is 1. The van der Waals surface area contributed by atoms with Crippen LogP contribution in [0.5, 0.6) is 11.5 Å². The third kappa shape index (κ3) is 3.69. The SMILES string of the molecule is COc1cc(OC)cc(C(=O)NCc2cc3cc(C)ccc3[nH]c2=O)c1. The molecule has 3 aromatic rings. The van der Waals surface area contributed by atoms with Crippen molar-refractivity contribution in [1.82, 2.24) is 10.3 Å². The van der Waals surface area contributed by atoms with Crippen molar-refractivity contribution in [1.29, 1.82) is 0 Å². The molecule has 0 spiro atoms. The Morgan fingerprint density at radius 3 is 2.38 bits per heavy atom. The average molecular weight is 352 g/mol. The summed E-state index contributed by atoms with van der Waals surface area (Å²) in [6, 6.07) is 12.5. The fourth-order valence-corrected chi connectivity index (χ4v) is 2.72. The van der Waals surface area contributed by atoms with Crippen LogP contribution in [0, 0.1) is 6.92 Å². The van der Waals surface area contributed by atoms with Gasteiger partial charge in [0.2, 0.25) is 0 Å². The number of H-pyrrole nitrogens is 1. The number of carbonyl (C=O) groups excluding carboxylic acids is 1. The molecule has 1 heterocycles. The summed E-state index contributed by atoms with van der Waals surface area (Å²) in [5.74, 6) is 0.730. The lowest BCUT2D eigenvalue weighted by Crippen LogP contribution is -2.26. The van der Waals surface area contributed by atoms with E-state index in [9.17, 15) is 9.59 Å². The molecule has 2 aromatic carbocycles. The van der Waals surface area contributed by atoms with E-state index < -0.39 is 0 Å². The van der Waals surface area contributed by atoms with Crippen LogP contribution < -0.4 is 20.3 Å². The number of nitrogens with one attached hydrogen (secondary N) is 2. The summed E-state index contributed by atoms with van der Waals surface area (Å²) in [5.41, 5.74) is 2.54. The molecule has 1 amide bonds. The van der Waals surface area contributed by atoms with Gasteiger partial charge in [-0.2, -0.15) is 0 Å². The van der Waals surface area contributed by atoms with Gasteiger partial charge in [-0.15, -0.1) is 0 Å². The maximum Gasteiger partial charge on any atom is 0.253 e. The van der Waals surface area contributed by atoms with Gasteiger partial charge in [0.25, 0.3) is 11.5 Å². The Kier molecular flexibility index (Phi) is 4.93. The Labute approximate surface area is 150 Å². The van der Waals surface area contributed by atoms with Crippen LogP contribution in [0.2, 0.25) is 0 Å². The van der Waals surface area contributed by atoms with Gasteiger partial charge in [-0.05, 0) is 42.6 Å². The lowest BCUT2D eigenvalue weighted by atomic mass is 10.1. The van der Waals surface area contributed by atoms with Gasteiger partial charge in [0.15, 0.2) is 0 Å². The Balaban J connectivity index is 1.82. The van der Waals surface area contributed by atoms with Crippen molar-refractivity contribution in [2.75, 3.05) is 14.2 Å². The minimum atomic E-state index is -0.314. The molecule has 3 rings (SSSR count). The number of aromatic nitrogens is 1. The van der Waals surface area contributed by atoms with Crippen molar-refractivity contribution in [2.24, 2.45) is 0 Å². The molecule has 0 bridgehead atoms. The number of aromatic amines is 1. The van der Waals surface area contributed by atoms with Crippen molar-refractivity contribution in [3.63, 3.8) is 0 Å². The van der Waals surface area contributed by atoms with Crippen LogP contribution in [-0.2, 0) is 6.54 Å². The van der Waals surface area contributed by atoms with E-state index in [-0.39, 0.29) is 18.0 Å². The Morgan fingerprint density at radius 1 is 1.04 bits per heavy atom. The molecule has 0 fully saturated rings. The second kappa shape index (κ2) is 7.31. The molecule has 6 nitrogen and oxygen atoms in total. The summed E-state index contributed by atoms with van der Waals surface area (Å²) >= 11 is 0. The highest BCUT2D eigenvalue weighted by molar-refractivity contribution is 5.95. The fraction of sp³-hybridized carbons (Fsp3) is 0.200. The minimum absolute atomic E-state index is 0.123. The maximum absolute atomic E-state index is 12.4. The molecule has 1 aromatic heterocycles. The lowest BCUT2D eigenvalue weighted by Gasteiger charge is -2.09. The number of hydrogen-bond donors (Lipinski definition) is 2. The Hall–Kier alpha value is -3.28. The molecular weight excluding hydrogens is 332 g/mol. The van der Waals surface area contributed by atoms with Crippen molar-refractivity contribution >= 4 is 16.8 Å². The molecule has 0 radical (unpaired) electrons. The summed E-state index contributed by atoms with van der Waals surface area (Å²) in [6.07, 6.45) is 0. The first-order chi connectivity index (χ1) is 12.5. The van der Waals surface area contributed by atoms with E-state index in [1.54, 1.807) is 24.3 Å². The number of aryl methyl sites for hydroxylation is 1. The molecule has 0 saturated carbocycles. The fourth-order valence-electron chi connectivity index (χ4n) is 2.72. The first-order valence-electron chi connectivity index (χ1n) is 8.14. The number of pyridine rings is 1. The highest BCUT2D eigenvalue weighted by Crippen LogP contribution is 2.22. The maximum atomic E-state index is 12.4.